The number of benzene rings is 2. The first-order valence-electron chi connectivity index (χ1n) is 7.18. The second kappa shape index (κ2) is 5.52. The van der Waals surface area contributed by atoms with E-state index >= 15 is 0 Å². The summed E-state index contributed by atoms with van der Waals surface area (Å²) in [4.78, 5) is 26.9. The van der Waals surface area contributed by atoms with E-state index in [-0.39, 0.29) is 17.6 Å². The number of nitrogens with zero attached hydrogens (tertiary/aromatic N) is 1. The molecule has 1 heterocycles. The molecule has 0 fully saturated rings. The second-order valence-corrected chi connectivity index (χ2v) is 5.39. The van der Waals surface area contributed by atoms with Gasteiger partial charge < -0.3 is 4.90 Å². The fraction of sp³-hybridized carbons (Fsp3) is 0.222. The van der Waals surface area contributed by atoms with Crippen LogP contribution in [0, 0.1) is 5.92 Å². The monoisotopic (exact) mass is 279 g/mol. The van der Waals surface area contributed by atoms with Crippen molar-refractivity contribution in [3.8, 4) is 0 Å². The standard InChI is InChI=1S/C18H17NO2/c1-13-11-12-19(18(21)14-7-3-2-4-8-14)16-10-6-5-9-15(16)17(13)20/h2-10,13H,11-12H2,1H3. The summed E-state index contributed by atoms with van der Waals surface area (Å²) in [7, 11) is 0. The van der Waals surface area contributed by atoms with Gasteiger partial charge in [-0.3, -0.25) is 9.59 Å². The zero-order chi connectivity index (χ0) is 14.8. The molecule has 1 aliphatic rings. The van der Waals surface area contributed by atoms with E-state index < -0.39 is 0 Å². The molecule has 1 unspecified atom stereocenters. The average Bonchev–Trinajstić information content (AvgIpc) is 2.66. The van der Waals surface area contributed by atoms with Crippen molar-refractivity contribution in [2.75, 3.05) is 11.4 Å². The van der Waals surface area contributed by atoms with Crippen molar-refractivity contribution in [1.82, 2.24) is 0 Å². The molecule has 3 rings (SSSR count). The molecule has 0 spiro atoms. The number of rotatable bonds is 1. The Morgan fingerprint density at radius 1 is 1.05 bits per heavy atom. The third-order valence-electron chi connectivity index (χ3n) is 3.96. The van der Waals surface area contributed by atoms with Crippen molar-refractivity contribution in [3.05, 3.63) is 65.7 Å². The summed E-state index contributed by atoms with van der Waals surface area (Å²) in [6, 6.07) is 16.6. The number of amides is 1. The Labute approximate surface area is 124 Å². The van der Waals surface area contributed by atoms with Crippen LogP contribution in [-0.4, -0.2) is 18.2 Å². The number of hydrogen-bond donors (Lipinski definition) is 0. The van der Waals surface area contributed by atoms with Gasteiger partial charge in [0.25, 0.3) is 5.91 Å². The highest BCUT2D eigenvalue weighted by Crippen LogP contribution is 2.29. The minimum atomic E-state index is -0.0558. The van der Waals surface area contributed by atoms with Gasteiger partial charge in [-0.15, -0.1) is 0 Å². The van der Waals surface area contributed by atoms with Crippen molar-refractivity contribution in [3.63, 3.8) is 0 Å². The van der Waals surface area contributed by atoms with E-state index in [9.17, 15) is 9.59 Å². The summed E-state index contributed by atoms with van der Waals surface area (Å²) < 4.78 is 0. The van der Waals surface area contributed by atoms with Gasteiger partial charge in [-0.05, 0) is 30.7 Å². The second-order valence-electron chi connectivity index (χ2n) is 5.39. The van der Waals surface area contributed by atoms with Crippen LogP contribution in [0.25, 0.3) is 0 Å². The molecule has 0 aliphatic carbocycles. The normalized spacial score (nSPS) is 18.0. The predicted octanol–water partition coefficient (Wildman–Crippen LogP) is 3.56. The van der Waals surface area contributed by atoms with Crippen LogP contribution in [0.4, 0.5) is 5.69 Å². The van der Waals surface area contributed by atoms with Gasteiger partial charge in [0, 0.05) is 23.6 Å². The van der Waals surface area contributed by atoms with Crippen LogP contribution in [-0.2, 0) is 0 Å². The fourth-order valence-corrected chi connectivity index (χ4v) is 2.70. The largest absolute Gasteiger partial charge is 0.308 e. The van der Waals surface area contributed by atoms with Gasteiger partial charge in [0.1, 0.15) is 0 Å². The first kappa shape index (κ1) is 13.6. The molecule has 0 N–H and O–H groups in total. The number of anilines is 1. The van der Waals surface area contributed by atoms with Gasteiger partial charge in [0.05, 0.1) is 5.69 Å². The lowest BCUT2D eigenvalue weighted by Gasteiger charge is -2.22. The first-order chi connectivity index (χ1) is 10.2. The van der Waals surface area contributed by atoms with Crippen molar-refractivity contribution in [2.45, 2.75) is 13.3 Å². The van der Waals surface area contributed by atoms with E-state index in [2.05, 4.69) is 0 Å². The summed E-state index contributed by atoms with van der Waals surface area (Å²) in [5.41, 5.74) is 2.02. The Morgan fingerprint density at radius 3 is 2.48 bits per heavy atom. The molecule has 1 atom stereocenters. The quantitative estimate of drug-likeness (QED) is 0.800. The summed E-state index contributed by atoms with van der Waals surface area (Å²) in [6.07, 6.45) is 0.687. The third kappa shape index (κ3) is 2.47. The zero-order valence-corrected chi connectivity index (χ0v) is 12.0. The van der Waals surface area contributed by atoms with E-state index in [1.165, 1.54) is 0 Å². The fourth-order valence-electron chi connectivity index (χ4n) is 2.70. The SMILES string of the molecule is CC1CCN(C(=O)c2ccccc2)c2ccccc2C1=O. The summed E-state index contributed by atoms with van der Waals surface area (Å²) >= 11 is 0. The van der Waals surface area contributed by atoms with Gasteiger partial charge >= 0.3 is 0 Å². The van der Waals surface area contributed by atoms with Crippen LogP contribution in [0.3, 0.4) is 0 Å². The molecule has 0 aromatic heterocycles. The highest BCUT2D eigenvalue weighted by Gasteiger charge is 2.29. The molecule has 0 saturated heterocycles. The molecule has 2 aromatic carbocycles. The van der Waals surface area contributed by atoms with E-state index in [0.717, 1.165) is 5.69 Å². The van der Waals surface area contributed by atoms with E-state index in [4.69, 9.17) is 0 Å². The van der Waals surface area contributed by atoms with Crippen molar-refractivity contribution in [1.29, 1.82) is 0 Å². The maximum Gasteiger partial charge on any atom is 0.258 e. The number of fused-ring (bicyclic) bond motifs is 1. The van der Waals surface area contributed by atoms with Crippen LogP contribution in [0.1, 0.15) is 34.1 Å². The van der Waals surface area contributed by atoms with Crippen molar-refractivity contribution < 1.29 is 9.59 Å². The van der Waals surface area contributed by atoms with Gasteiger partial charge in [0.2, 0.25) is 0 Å². The summed E-state index contributed by atoms with van der Waals surface area (Å²) in [6.45, 7) is 2.49. The first-order valence-corrected chi connectivity index (χ1v) is 7.18. The molecule has 106 valence electrons. The van der Waals surface area contributed by atoms with Gasteiger partial charge in [-0.25, -0.2) is 0 Å². The third-order valence-corrected chi connectivity index (χ3v) is 3.96. The smallest absolute Gasteiger partial charge is 0.258 e. The number of para-hydroxylation sites is 1. The molecular weight excluding hydrogens is 262 g/mol. The van der Waals surface area contributed by atoms with Gasteiger partial charge in [-0.2, -0.15) is 0 Å². The van der Waals surface area contributed by atoms with E-state index in [1.807, 2.05) is 49.4 Å². The Bertz CT molecular complexity index is 679. The molecule has 3 heteroatoms. The Hall–Kier alpha value is -2.42. The Kier molecular flexibility index (Phi) is 3.57. The topological polar surface area (TPSA) is 37.4 Å². The minimum Gasteiger partial charge on any atom is -0.308 e. The van der Waals surface area contributed by atoms with Gasteiger partial charge in [-0.1, -0.05) is 37.3 Å². The number of hydrogen-bond acceptors (Lipinski definition) is 2. The molecule has 0 radical (unpaired) electrons. The van der Waals surface area contributed by atoms with Crippen LogP contribution in [0.15, 0.2) is 54.6 Å². The molecule has 0 saturated carbocycles. The predicted molar refractivity (Wildman–Crippen MR) is 82.7 cm³/mol. The number of Topliss-reactive ketones (excluding diaryl/α,β-unsaturated/α-hetero) is 1. The maximum atomic E-state index is 12.7. The van der Waals surface area contributed by atoms with Crippen LogP contribution < -0.4 is 4.90 Å². The van der Waals surface area contributed by atoms with Crippen molar-refractivity contribution in [2.24, 2.45) is 5.92 Å². The molecular formula is C18H17NO2. The minimum absolute atomic E-state index is 0.0510. The van der Waals surface area contributed by atoms with Crippen LogP contribution in [0.2, 0.25) is 0 Å². The number of ketones is 1. The number of carbonyl (C=O) groups excluding carboxylic acids is 2. The average molecular weight is 279 g/mol. The summed E-state index contributed by atoms with van der Waals surface area (Å²) in [5, 5.41) is 0. The Balaban J connectivity index is 2.05. The zero-order valence-electron chi connectivity index (χ0n) is 12.0. The molecule has 2 aromatic rings. The lowest BCUT2D eigenvalue weighted by atomic mass is 9.97. The van der Waals surface area contributed by atoms with Crippen LogP contribution in [0.5, 0.6) is 0 Å². The van der Waals surface area contributed by atoms with E-state index in [0.29, 0.717) is 24.1 Å². The van der Waals surface area contributed by atoms with E-state index in [1.54, 1.807) is 17.0 Å². The maximum absolute atomic E-state index is 12.7. The Morgan fingerprint density at radius 2 is 1.71 bits per heavy atom. The van der Waals surface area contributed by atoms with Crippen molar-refractivity contribution >= 4 is 17.4 Å². The lowest BCUT2D eigenvalue weighted by Crippen LogP contribution is -2.32. The summed E-state index contributed by atoms with van der Waals surface area (Å²) in [5.74, 6) is 0.0126. The molecule has 0 bridgehead atoms. The van der Waals surface area contributed by atoms with Crippen LogP contribution >= 0.6 is 0 Å². The molecule has 1 amide bonds. The highest BCUT2D eigenvalue weighted by atomic mass is 16.2. The molecule has 3 nitrogen and oxygen atoms in total. The molecule has 21 heavy (non-hydrogen) atoms. The van der Waals surface area contributed by atoms with Gasteiger partial charge in [0.15, 0.2) is 5.78 Å². The highest BCUT2D eigenvalue weighted by molar-refractivity contribution is 6.12. The lowest BCUT2D eigenvalue weighted by molar-refractivity contribution is 0.0925. The molecule has 1 aliphatic heterocycles. The number of carbonyl (C=O) groups is 2.